The highest BCUT2D eigenvalue weighted by molar-refractivity contribution is 9.10. The van der Waals surface area contributed by atoms with Crippen molar-refractivity contribution in [3.63, 3.8) is 0 Å². The summed E-state index contributed by atoms with van der Waals surface area (Å²) in [5.41, 5.74) is 1.97. The molecule has 120 valence electrons. The maximum Gasteiger partial charge on any atom is 0.320 e. The van der Waals surface area contributed by atoms with Gasteiger partial charge in [0.05, 0.1) is 6.04 Å². The van der Waals surface area contributed by atoms with Crippen LogP contribution >= 0.6 is 27.5 Å². The van der Waals surface area contributed by atoms with Gasteiger partial charge < -0.3 is 5.11 Å². The minimum atomic E-state index is -0.772. The Labute approximate surface area is 149 Å². The summed E-state index contributed by atoms with van der Waals surface area (Å²) in [6.45, 7) is 0.744. The van der Waals surface area contributed by atoms with Gasteiger partial charge in [-0.2, -0.15) is 0 Å². The Morgan fingerprint density at radius 1 is 1.17 bits per heavy atom. The fraction of sp³-hybridized carbons (Fsp3) is 0.278. The predicted octanol–water partition coefficient (Wildman–Crippen LogP) is 4.74. The average Bonchev–Trinajstić information content (AvgIpc) is 3.01. The summed E-state index contributed by atoms with van der Waals surface area (Å²) in [6, 6.07) is 14.9. The van der Waals surface area contributed by atoms with E-state index >= 15 is 0 Å². The third-order valence-corrected chi connectivity index (χ3v) is 5.38. The van der Waals surface area contributed by atoms with E-state index in [1.165, 1.54) is 0 Å². The van der Waals surface area contributed by atoms with Crippen LogP contribution in [0.4, 0.5) is 0 Å². The summed E-state index contributed by atoms with van der Waals surface area (Å²) in [6.07, 6.45) is 1.54. The number of carbonyl (C=O) groups is 1. The molecule has 0 amide bonds. The van der Waals surface area contributed by atoms with E-state index in [1.807, 2.05) is 53.4 Å². The molecule has 0 aromatic heterocycles. The number of halogens is 2. The van der Waals surface area contributed by atoms with Crippen LogP contribution < -0.4 is 0 Å². The summed E-state index contributed by atoms with van der Waals surface area (Å²) in [4.78, 5) is 13.7. The van der Waals surface area contributed by atoms with Gasteiger partial charge in [-0.3, -0.25) is 9.69 Å². The molecule has 1 heterocycles. The molecule has 0 saturated carbocycles. The predicted molar refractivity (Wildman–Crippen MR) is 94.8 cm³/mol. The van der Waals surface area contributed by atoms with E-state index < -0.39 is 12.0 Å². The van der Waals surface area contributed by atoms with Crippen molar-refractivity contribution in [1.29, 1.82) is 0 Å². The normalized spacial score (nSPS) is 19.7. The largest absolute Gasteiger partial charge is 0.480 e. The Balaban J connectivity index is 2.13. The van der Waals surface area contributed by atoms with E-state index in [-0.39, 0.29) is 6.04 Å². The zero-order valence-corrected chi connectivity index (χ0v) is 14.8. The second kappa shape index (κ2) is 7.04. The summed E-state index contributed by atoms with van der Waals surface area (Å²) in [5, 5.41) is 10.2. The van der Waals surface area contributed by atoms with Gasteiger partial charge in [0.15, 0.2) is 0 Å². The molecule has 23 heavy (non-hydrogen) atoms. The van der Waals surface area contributed by atoms with Crippen LogP contribution in [0.3, 0.4) is 0 Å². The molecule has 2 unspecified atom stereocenters. The van der Waals surface area contributed by atoms with E-state index in [0.717, 1.165) is 28.6 Å². The van der Waals surface area contributed by atoms with E-state index in [1.54, 1.807) is 0 Å². The number of carboxylic acids is 1. The molecular weight excluding hydrogens is 378 g/mol. The lowest BCUT2D eigenvalue weighted by Crippen LogP contribution is -2.39. The molecule has 0 spiro atoms. The molecule has 1 fully saturated rings. The highest BCUT2D eigenvalue weighted by atomic mass is 79.9. The van der Waals surface area contributed by atoms with Gasteiger partial charge in [0.25, 0.3) is 0 Å². The summed E-state index contributed by atoms with van der Waals surface area (Å²) in [7, 11) is 0. The van der Waals surface area contributed by atoms with Crippen molar-refractivity contribution in [3.8, 4) is 0 Å². The third-order valence-electron chi connectivity index (χ3n) is 4.31. The molecule has 2 atom stereocenters. The lowest BCUT2D eigenvalue weighted by molar-refractivity contribution is -0.142. The molecule has 1 aliphatic rings. The van der Waals surface area contributed by atoms with Gasteiger partial charge in [0.2, 0.25) is 0 Å². The number of aliphatic carboxylic acids is 1. The van der Waals surface area contributed by atoms with Crippen LogP contribution in [0.5, 0.6) is 0 Å². The number of nitrogens with zero attached hydrogens (tertiary/aromatic N) is 1. The van der Waals surface area contributed by atoms with E-state index in [0.29, 0.717) is 11.4 Å². The van der Waals surface area contributed by atoms with Crippen LogP contribution in [0, 0.1) is 0 Å². The first-order chi connectivity index (χ1) is 11.1. The van der Waals surface area contributed by atoms with Crippen LogP contribution in [-0.4, -0.2) is 28.6 Å². The Morgan fingerprint density at radius 3 is 2.48 bits per heavy atom. The summed E-state index contributed by atoms with van der Waals surface area (Å²) < 4.78 is 0.959. The molecule has 0 aliphatic carbocycles. The van der Waals surface area contributed by atoms with E-state index in [4.69, 9.17) is 11.6 Å². The fourth-order valence-corrected chi connectivity index (χ4v) is 4.02. The smallest absolute Gasteiger partial charge is 0.320 e. The second-order valence-electron chi connectivity index (χ2n) is 5.68. The van der Waals surface area contributed by atoms with Gasteiger partial charge in [-0.15, -0.1) is 0 Å². The van der Waals surface area contributed by atoms with E-state index in [2.05, 4.69) is 15.9 Å². The highest BCUT2D eigenvalue weighted by Crippen LogP contribution is 2.40. The third kappa shape index (κ3) is 3.30. The number of likely N-dealkylation sites (tertiary alicyclic amines) is 1. The zero-order valence-electron chi connectivity index (χ0n) is 12.5. The monoisotopic (exact) mass is 393 g/mol. The van der Waals surface area contributed by atoms with Crippen molar-refractivity contribution in [2.75, 3.05) is 6.54 Å². The van der Waals surface area contributed by atoms with Crippen LogP contribution in [0.2, 0.25) is 5.02 Å². The SMILES string of the molecule is O=C(O)C1CCCN1C(c1ccccc1Cl)c1ccccc1Br. The molecule has 1 aliphatic heterocycles. The van der Waals surface area contributed by atoms with E-state index in [9.17, 15) is 9.90 Å². The first kappa shape index (κ1) is 16.5. The van der Waals surface area contributed by atoms with Crippen molar-refractivity contribution >= 4 is 33.5 Å². The van der Waals surface area contributed by atoms with Crippen molar-refractivity contribution in [2.24, 2.45) is 0 Å². The van der Waals surface area contributed by atoms with Gasteiger partial charge in [0.1, 0.15) is 6.04 Å². The van der Waals surface area contributed by atoms with Crippen LogP contribution in [0.25, 0.3) is 0 Å². The molecule has 2 aromatic rings. The Bertz CT molecular complexity index is 676. The number of rotatable bonds is 4. The molecule has 1 N–H and O–H groups in total. The van der Waals surface area contributed by atoms with Gasteiger partial charge in [-0.05, 0) is 36.1 Å². The Kier molecular flexibility index (Phi) is 5.05. The van der Waals surface area contributed by atoms with Crippen molar-refractivity contribution in [2.45, 2.75) is 24.9 Å². The summed E-state index contributed by atoms with van der Waals surface area (Å²) in [5.74, 6) is -0.772. The number of hydrogen-bond donors (Lipinski definition) is 1. The standard InChI is InChI=1S/C18H17BrClNO2/c19-14-8-3-1-6-12(14)17(13-7-2-4-9-15(13)20)21-11-5-10-16(21)18(22)23/h1-4,6-9,16-17H,5,10-11H2,(H,22,23). The van der Waals surface area contributed by atoms with Crippen LogP contribution in [0.1, 0.15) is 30.0 Å². The Hall–Kier alpha value is -1.36. The Morgan fingerprint density at radius 2 is 1.83 bits per heavy atom. The van der Waals surface area contributed by atoms with Gasteiger partial charge in [-0.1, -0.05) is 63.9 Å². The minimum absolute atomic E-state index is 0.178. The topological polar surface area (TPSA) is 40.5 Å². The maximum atomic E-state index is 11.7. The molecule has 3 nitrogen and oxygen atoms in total. The molecule has 2 aromatic carbocycles. The van der Waals surface area contributed by atoms with Gasteiger partial charge in [0, 0.05) is 16.0 Å². The van der Waals surface area contributed by atoms with Crippen molar-refractivity contribution in [3.05, 3.63) is 69.2 Å². The molecule has 5 heteroatoms. The average molecular weight is 395 g/mol. The number of benzene rings is 2. The number of hydrogen-bond acceptors (Lipinski definition) is 2. The molecule has 1 saturated heterocycles. The lowest BCUT2D eigenvalue weighted by atomic mass is 9.96. The molecule has 0 radical (unpaired) electrons. The second-order valence-corrected chi connectivity index (χ2v) is 6.94. The highest BCUT2D eigenvalue weighted by Gasteiger charge is 2.38. The zero-order chi connectivity index (χ0) is 16.4. The van der Waals surface area contributed by atoms with Crippen molar-refractivity contribution < 1.29 is 9.90 Å². The van der Waals surface area contributed by atoms with Crippen LogP contribution in [-0.2, 0) is 4.79 Å². The lowest BCUT2D eigenvalue weighted by Gasteiger charge is -2.33. The molecule has 3 rings (SSSR count). The fourth-order valence-electron chi connectivity index (χ4n) is 3.28. The quantitative estimate of drug-likeness (QED) is 0.814. The van der Waals surface area contributed by atoms with Crippen LogP contribution in [0.15, 0.2) is 53.0 Å². The summed E-state index contributed by atoms with van der Waals surface area (Å²) >= 11 is 10.0. The van der Waals surface area contributed by atoms with Gasteiger partial charge >= 0.3 is 5.97 Å². The van der Waals surface area contributed by atoms with Crippen molar-refractivity contribution in [1.82, 2.24) is 4.90 Å². The minimum Gasteiger partial charge on any atom is -0.480 e. The van der Waals surface area contributed by atoms with Gasteiger partial charge in [-0.25, -0.2) is 0 Å². The number of carboxylic acid groups (broad SMARTS) is 1. The maximum absolute atomic E-state index is 11.7. The molecular formula is C18H17BrClNO2. The molecule has 0 bridgehead atoms. The first-order valence-corrected chi connectivity index (χ1v) is 8.74. The first-order valence-electron chi connectivity index (χ1n) is 7.57.